The number of hydrogen-bond acceptors (Lipinski definition) is 6. The lowest BCUT2D eigenvalue weighted by Crippen LogP contribution is -2.34. The lowest BCUT2D eigenvalue weighted by Gasteiger charge is -2.32. The third-order valence-corrected chi connectivity index (χ3v) is 5.53. The van der Waals surface area contributed by atoms with Crippen LogP contribution >= 0.6 is 23.2 Å². The molecule has 1 aliphatic heterocycles. The Kier molecular flexibility index (Phi) is 6.95. The van der Waals surface area contributed by atoms with Gasteiger partial charge in [0.1, 0.15) is 5.69 Å². The van der Waals surface area contributed by atoms with Crippen LogP contribution in [-0.2, 0) is 4.74 Å². The van der Waals surface area contributed by atoms with Gasteiger partial charge in [-0.2, -0.15) is 0 Å². The molecule has 1 heterocycles. The van der Waals surface area contributed by atoms with Crippen LogP contribution in [-0.4, -0.2) is 36.4 Å². The Morgan fingerprint density at radius 3 is 2.70 bits per heavy atom. The normalized spacial score (nSPS) is 16.2. The number of esters is 1. The number of halogens is 2. The Balaban J connectivity index is 1.74. The quantitative estimate of drug-likeness (QED) is 0.260. The summed E-state index contributed by atoms with van der Waals surface area (Å²) >= 11 is 11.8. The Morgan fingerprint density at radius 2 is 2.00 bits per heavy atom. The van der Waals surface area contributed by atoms with Crippen LogP contribution in [0.4, 0.5) is 11.4 Å². The number of ether oxygens (including phenoxy) is 1. The molecule has 0 aliphatic carbocycles. The minimum Gasteiger partial charge on any atom is -0.454 e. The maximum absolute atomic E-state index is 12.4. The molecule has 0 saturated carbocycles. The smallest absolute Gasteiger partial charge is 0.338 e. The van der Waals surface area contributed by atoms with Gasteiger partial charge < -0.3 is 9.64 Å². The van der Waals surface area contributed by atoms with Crippen LogP contribution in [0.1, 0.15) is 40.5 Å². The van der Waals surface area contributed by atoms with Crippen LogP contribution in [0.2, 0.25) is 10.0 Å². The molecule has 0 N–H and O–H groups in total. The lowest BCUT2D eigenvalue weighted by atomic mass is 9.99. The highest BCUT2D eigenvalue weighted by Gasteiger charge is 2.26. The summed E-state index contributed by atoms with van der Waals surface area (Å²) in [5.41, 5.74) is 0.450. The molecule has 1 unspecified atom stereocenters. The Morgan fingerprint density at radius 1 is 1.23 bits per heavy atom. The number of nitro benzene ring substituents is 1. The van der Waals surface area contributed by atoms with Crippen molar-refractivity contribution in [2.24, 2.45) is 5.92 Å². The molecule has 158 valence electrons. The first-order valence-corrected chi connectivity index (χ1v) is 10.2. The first kappa shape index (κ1) is 22.1. The molecule has 30 heavy (non-hydrogen) atoms. The number of ketones is 1. The van der Waals surface area contributed by atoms with Crippen LogP contribution in [0.3, 0.4) is 0 Å². The molecule has 0 amide bonds. The first-order valence-electron chi connectivity index (χ1n) is 9.45. The second-order valence-electron chi connectivity index (χ2n) is 7.28. The Hall–Kier alpha value is -2.64. The average molecular weight is 451 g/mol. The van der Waals surface area contributed by atoms with Crippen LogP contribution in [0, 0.1) is 16.0 Å². The van der Waals surface area contributed by atoms with Gasteiger partial charge in [-0.15, -0.1) is 0 Å². The van der Waals surface area contributed by atoms with Gasteiger partial charge in [-0.3, -0.25) is 14.9 Å². The zero-order valence-corrected chi connectivity index (χ0v) is 17.8. The maximum Gasteiger partial charge on any atom is 0.338 e. The molecule has 1 fully saturated rings. The molecule has 1 atom stereocenters. The van der Waals surface area contributed by atoms with Gasteiger partial charge in [0.2, 0.25) is 5.78 Å². The first-order chi connectivity index (χ1) is 14.3. The highest BCUT2D eigenvalue weighted by Crippen LogP contribution is 2.32. The van der Waals surface area contributed by atoms with E-state index in [0.717, 1.165) is 25.9 Å². The molecule has 0 radical (unpaired) electrons. The van der Waals surface area contributed by atoms with E-state index in [1.165, 1.54) is 30.3 Å². The molecule has 1 saturated heterocycles. The Labute approximate surface area is 183 Å². The molecule has 1 aliphatic rings. The SMILES string of the molecule is CC1CCCN(c2ccc(C(=O)OCC(=O)c3cc(Cl)ccc3Cl)cc2[N+](=O)[O-])C1. The molecular weight excluding hydrogens is 431 g/mol. The molecular formula is C21H20Cl2N2O5. The summed E-state index contributed by atoms with van der Waals surface area (Å²) in [4.78, 5) is 37.7. The predicted molar refractivity (Wildman–Crippen MR) is 115 cm³/mol. The van der Waals surface area contributed by atoms with Gasteiger partial charge in [0.05, 0.1) is 15.5 Å². The summed E-state index contributed by atoms with van der Waals surface area (Å²) < 4.78 is 5.05. The number of benzene rings is 2. The van der Waals surface area contributed by atoms with E-state index < -0.39 is 23.3 Å². The van der Waals surface area contributed by atoms with Crippen molar-refractivity contribution in [2.45, 2.75) is 19.8 Å². The number of nitro groups is 1. The van der Waals surface area contributed by atoms with Crippen LogP contribution in [0.25, 0.3) is 0 Å². The highest BCUT2D eigenvalue weighted by molar-refractivity contribution is 6.36. The van der Waals surface area contributed by atoms with Gasteiger partial charge >= 0.3 is 5.97 Å². The molecule has 0 aromatic heterocycles. The second kappa shape index (κ2) is 9.45. The van der Waals surface area contributed by atoms with E-state index in [-0.39, 0.29) is 21.8 Å². The predicted octanol–water partition coefficient (Wildman–Crippen LogP) is 5.18. The van der Waals surface area contributed by atoms with Crippen molar-refractivity contribution in [3.05, 3.63) is 67.7 Å². The summed E-state index contributed by atoms with van der Waals surface area (Å²) in [6, 6.07) is 8.62. The van der Waals surface area contributed by atoms with Gasteiger partial charge in [-0.05, 0) is 49.1 Å². The standard InChI is InChI=1S/C21H20Cl2N2O5/c1-13-3-2-8-24(11-13)18-7-4-14(9-19(18)25(28)29)21(27)30-12-20(26)16-10-15(22)5-6-17(16)23/h4-7,9-10,13H,2-3,8,11-12H2,1H3. The van der Waals surface area contributed by atoms with Gasteiger partial charge in [0, 0.05) is 29.7 Å². The second-order valence-corrected chi connectivity index (χ2v) is 8.12. The van der Waals surface area contributed by atoms with E-state index in [1.54, 1.807) is 6.07 Å². The summed E-state index contributed by atoms with van der Waals surface area (Å²) in [5.74, 6) is -0.917. The van der Waals surface area contributed by atoms with Crippen molar-refractivity contribution >= 4 is 46.3 Å². The summed E-state index contributed by atoms with van der Waals surface area (Å²) in [6.45, 7) is 2.99. The summed E-state index contributed by atoms with van der Waals surface area (Å²) in [6.07, 6.45) is 2.04. The van der Waals surface area contributed by atoms with E-state index in [4.69, 9.17) is 27.9 Å². The van der Waals surface area contributed by atoms with Crippen LogP contribution < -0.4 is 4.90 Å². The van der Waals surface area contributed by atoms with Crippen molar-refractivity contribution in [1.29, 1.82) is 0 Å². The average Bonchev–Trinajstić information content (AvgIpc) is 2.73. The molecule has 0 spiro atoms. The molecule has 9 heteroatoms. The number of carbonyl (C=O) groups is 2. The number of nitrogens with zero attached hydrogens (tertiary/aromatic N) is 2. The monoisotopic (exact) mass is 450 g/mol. The fourth-order valence-corrected chi connectivity index (χ4v) is 3.87. The van der Waals surface area contributed by atoms with Crippen molar-refractivity contribution in [2.75, 3.05) is 24.6 Å². The van der Waals surface area contributed by atoms with Crippen molar-refractivity contribution in [3.8, 4) is 0 Å². The summed E-state index contributed by atoms with van der Waals surface area (Å²) in [5, 5.41) is 12.1. The third kappa shape index (κ3) is 5.09. The number of anilines is 1. The minimum atomic E-state index is -0.830. The molecule has 2 aromatic rings. The van der Waals surface area contributed by atoms with Gasteiger partial charge in [0.15, 0.2) is 6.61 Å². The number of piperidine rings is 1. The van der Waals surface area contributed by atoms with E-state index in [9.17, 15) is 19.7 Å². The van der Waals surface area contributed by atoms with Crippen molar-refractivity contribution < 1.29 is 19.2 Å². The van der Waals surface area contributed by atoms with Crippen molar-refractivity contribution in [1.82, 2.24) is 0 Å². The zero-order valence-electron chi connectivity index (χ0n) is 16.3. The number of hydrogen-bond donors (Lipinski definition) is 0. The van der Waals surface area contributed by atoms with Crippen LogP contribution in [0.5, 0.6) is 0 Å². The zero-order chi connectivity index (χ0) is 21.8. The fraction of sp³-hybridized carbons (Fsp3) is 0.333. The topological polar surface area (TPSA) is 89.8 Å². The lowest BCUT2D eigenvalue weighted by molar-refractivity contribution is -0.384. The van der Waals surface area contributed by atoms with Crippen LogP contribution in [0.15, 0.2) is 36.4 Å². The molecule has 0 bridgehead atoms. The van der Waals surface area contributed by atoms with E-state index >= 15 is 0 Å². The van der Waals surface area contributed by atoms with E-state index in [0.29, 0.717) is 16.6 Å². The van der Waals surface area contributed by atoms with Gasteiger partial charge in [-0.25, -0.2) is 4.79 Å². The largest absolute Gasteiger partial charge is 0.454 e. The third-order valence-electron chi connectivity index (χ3n) is 4.97. The number of rotatable bonds is 6. The fourth-order valence-electron chi connectivity index (χ4n) is 3.48. The highest BCUT2D eigenvalue weighted by atomic mass is 35.5. The number of Topliss-reactive ketones (excluding diaryl/α,β-unsaturated/α-hetero) is 1. The Bertz CT molecular complexity index is 995. The number of carbonyl (C=O) groups excluding carboxylic acids is 2. The van der Waals surface area contributed by atoms with E-state index in [2.05, 4.69) is 6.92 Å². The van der Waals surface area contributed by atoms with Crippen molar-refractivity contribution in [3.63, 3.8) is 0 Å². The summed E-state index contributed by atoms with van der Waals surface area (Å²) in [7, 11) is 0. The van der Waals surface area contributed by atoms with Gasteiger partial charge in [0.25, 0.3) is 5.69 Å². The van der Waals surface area contributed by atoms with E-state index in [1.807, 2.05) is 4.90 Å². The molecule has 7 nitrogen and oxygen atoms in total. The van der Waals surface area contributed by atoms with Gasteiger partial charge in [-0.1, -0.05) is 30.1 Å². The maximum atomic E-state index is 12.4. The molecule has 3 rings (SSSR count). The molecule has 2 aromatic carbocycles. The minimum absolute atomic E-state index is 0.000462.